The number of allylic oxidation sites excluding steroid dienone is 1. The molecule has 1 atom stereocenters. The number of nitrogens with one attached hydrogen (secondary N) is 2. The lowest BCUT2D eigenvalue weighted by Gasteiger charge is -2.29. The average Bonchev–Trinajstić information content (AvgIpc) is 2.77. The number of nitriles is 1. The molecule has 0 radical (unpaired) electrons. The van der Waals surface area contributed by atoms with Crippen LogP contribution in [0.2, 0.25) is 0 Å². The van der Waals surface area contributed by atoms with Gasteiger partial charge in [0.1, 0.15) is 17.4 Å². The number of carbonyl (C=O) groups excluding carboxylic acids is 2. The molecule has 1 aliphatic heterocycles. The number of hydrogen-bond acceptors (Lipinski definition) is 7. The van der Waals surface area contributed by atoms with Gasteiger partial charge in [-0.3, -0.25) is 4.79 Å². The molecule has 32 heavy (non-hydrogen) atoms. The maximum absolute atomic E-state index is 12.9. The Kier molecular flexibility index (Phi) is 6.59. The third kappa shape index (κ3) is 4.32. The molecule has 0 fully saturated rings. The molecule has 10 heteroatoms. The minimum atomic E-state index is -0.818. The van der Waals surface area contributed by atoms with Crippen LogP contribution in [0.1, 0.15) is 35.3 Å². The van der Waals surface area contributed by atoms with Crippen LogP contribution in [0.15, 0.2) is 40.3 Å². The summed E-state index contributed by atoms with van der Waals surface area (Å²) in [7, 11) is 1.53. The summed E-state index contributed by atoms with van der Waals surface area (Å²) in [5.74, 6) is -0.0287. The summed E-state index contributed by atoms with van der Waals surface area (Å²) < 4.78 is 11.5. The predicted molar refractivity (Wildman–Crippen MR) is 114 cm³/mol. The van der Waals surface area contributed by atoms with Crippen molar-refractivity contribution in [2.24, 2.45) is 0 Å². The lowest BCUT2D eigenvalue weighted by molar-refractivity contribution is -0.139. The van der Waals surface area contributed by atoms with Crippen LogP contribution in [-0.4, -0.2) is 35.5 Å². The van der Waals surface area contributed by atoms with E-state index >= 15 is 0 Å². The molecule has 0 spiro atoms. The molecule has 2 aromatic rings. The molecule has 1 unspecified atom stereocenters. The molecule has 0 saturated heterocycles. The second-order valence-corrected chi connectivity index (χ2v) is 7.08. The summed E-state index contributed by atoms with van der Waals surface area (Å²) in [6.07, 6.45) is 0. The van der Waals surface area contributed by atoms with Crippen LogP contribution >= 0.6 is 0 Å². The van der Waals surface area contributed by atoms with E-state index in [9.17, 15) is 19.6 Å². The highest BCUT2D eigenvalue weighted by Crippen LogP contribution is 2.29. The minimum absolute atomic E-state index is 0.0391. The van der Waals surface area contributed by atoms with Gasteiger partial charge in [-0.05, 0) is 44.0 Å². The van der Waals surface area contributed by atoms with E-state index in [-0.39, 0.29) is 30.0 Å². The van der Waals surface area contributed by atoms with Gasteiger partial charge in [0.25, 0.3) is 5.56 Å². The first-order valence-electron chi connectivity index (χ1n) is 9.90. The van der Waals surface area contributed by atoms with Crippen molar-refractivity contribution >= 4 is 12.0 Å². The van der Waals surface area contributed by atoms with Crippen molar-refractivity contribution in [2.75, 3.05) is 13.7 Å². The Bertz CT molecular complexity index is 1190. The second-order valence-electron chi connectivity index (χ2n) is 7.08. The van der Waals surface area contributed by atoms with E-state index in [1.54, 1.807) is 45.0 Å². The van der Waals surface area contributed by atoms with E-state index in [2.05, 4.69) is 15.7 Å². The van der Waals surface area contributed by atoms with Crippen LogP contribution < -0.4 is 20.9 Å². The molecule has 2 heterocycles. The number of nitrogens with zero attached hydrogens (tertiary/aromatic N) is 3. The van der Waals surface area contributed by atoms with Gasteiger partial charge < -0.3 is 20.1 Å². The monoisotopic (exact) mass is 437 g/mol. The fourth-order valence-corrected chi connectivity index (χ4v) is 3.40. The van der Waals surface area contributed by atoms with Crippen molar-refractivity contribution in [3.05, 3.63) is 68.3 Å². The van der Waals surface area contributed by atoms with Crippen LogP contribution in [0.25, 0.3) is 0 Å². The predicted octanol–water partition coefficient (Wildman–Crippen LogP) is 1.61. The number of aryl methyl sites for hydroxylation is 1. The first-order chi connectivity index (χ1) is 15.3. The van der Waals surface area contributed by atoms with Crippen molar-refractivity contribution in [3.63, 3.8) is 0 Å². The molecule has 166 valence electrons. The fourth-order valence-electron chi connectivity index (χ4n) is 3.40. The smallest absolute Gasteiger partial charge is 0.338 e. The van der Waals surface area contributed by atoms with Gasteiger partial charge in [-0.15, -0.1) is 0 Å². The molecule has 1 aliphatic rings. The molecule has 0 bridgehead atoms. The summed E-state index contributed by atoms with van der Waals surface area (Å²) >= 11 is 0. The van der Waals surface area contributed by atoms with E-state index < -0.39 is 23.6 Å². The maximum Gasteiger partial charge on any atom is 0.338 e. The third-order valence-corrected chi connectivity index (χ3v) is 5.15. The molecule has 3 rings (SSSR count). The van der Waals surface area contributed by atoms with Gasteiger partial charge in [0.05, 0.1) is 43.3 Å². The standard InChI is InChI=1S/C22H23N5O5/c1-5-32-21(29)18-17(11-27-20(28)16(10-23)12(2)13(3)26-27)24-22(30)25-19(18)14-6-8-15(31-4)9-7-14/h6-9,19H,5,11H2,1-4H3,(H2,24,25,30). The number of aromatic nitrogens is 2. The van der Waals surface area contributed by atoms with Gasteiger partial charge in [0, 0.05) is 0 Å². The van der Waals surface area contributed by atoms with Crippen molar-refractivity contribution in [1.29, 1.82) is 5.26 Å². The molecule has 0 aliphatic carbocycles. The lowest BCUT2D eigenvalue weighted by atomic mass is 9.95. The highest BCUT2D eigenvalue weighted by molar-refractivity contribution is 5.95. The van der Waals surface area contributed by atoms with E-state index in [0.717, 1.165) is 4.68 Å². The number of hydrogen-bond donors (Lipinski definition) is 2. The van der Waals surface area contributed by atoms with Gasteiger partial charge in [0.2, 0.25) is 0 Å². The van der Waals surface area contributed by atoms with Crippen molar-refractivity contribution in [3.8, 4) is 11.8 Å². The quantitative estimate of drug-likeness (QED) is 0.656. The van der Waals surface area contributed by atoms with Gasteiger partial charge in [-0.2, -0.15) is 10.4 Å². The van der Waals surface area contributed by atoms with E-state index in [4.69, 9.17) is 9.47 Å². The van der Waals surface area contributed by atoms with Crippen molar-refractivity contribution in [1.82, 2.24) is 20.4 Å². The van der Waals surface area contributed by atoms with E-state index in [0.29, 0.717) is 22.6 Å². The minimum Gasteiger partial charge on any atom is -0.497 e. The van der Waals surface area contributed by atoms with Crippen LogP contribution in [0.3, 0.4) is 0 Å². The number of benzene rings is 1. The zero-order chi connectivity index (χ0) is 23.4. The van der Waals surface area contributed by atoms with Gasteiger partial charge in [-0.25, -0.2) is 14.3 Å². The van der Waals surface area contributed by atoms with Crippen molar-refractivity contribution in [2.45, 2.75) is 33.4 Å². The Balaban J connectivity index is 2.15. The molecule has 1 aromatic carbocycles. The Hall–Kier alpha value is -4.13. The highest BCUT2D eigenvalue weighted by atomic mass is 16.5. The number of amides is 2. The van der Waals surface area contributed by atoms with Crippen molar-refractivity contribution < 1.29 is 19.1 Å². The summed E-state index contributed by atoms with van der Waals surface area (Å²) in [5, 5.41) is 18.9. The number of carbonyl (C=O) groups is 2. The molecular weight excluding hydrogens is 414 g/mol. The Morgan fingerprint density at radius 2 is 1.94 bits per heavy atom. The van der Waals surface area contributed by atoms with Gasteiger partial charge >= 0.3 is 12.0 Å². The van der Waals surface area contributed by atoms with Gasteiger partial charge in [-0.1, -0.05) is 12.1 Å². The zero-order valence-electron chi connectivity index (χ0n) is 18.2. The first-order valence-corrected chi connectivity index (χ1v) is 9.90. The molecule has 2 amide bonds. The maximum atomic E-state index is 12.9. The SMILES string of the molecule is CCOC(=O)C1=C(Cn2nc(C)c(C)c(C#N)c2=O)NC(=O)NC1c1ccc(OC)cc1. The molecule has 2 N–H and O–H groups in total. The largest absolute Gasteiger partial charge is 0.497 e. The van der Waals surface area contributed by atoms with Crippen LogP contribution in [0, 0.1) is 25.2 Å². The average molecular weight is 437 g/mol. The topological polar surface area (TPSA) is 135 Å². The summed E-state index contributed by atoms with van der Waals surface area (Å²) in [4.78, 5) is 38.1. The number of esters is 1. The normalized spacial score (nSPS) is 15.5. The summed E-state index contributed by atoms with van der Waals surface area (Å²) in [6.45, 7) is 4.89. The molecule has 0 saturated carbocycles. The number of rotatable bonds is 6. The highest BCUT2D eigenvalue weighted by Gasteiger charge is 2.34. The summed E-state index contributed by atoms with van der Waals surface area (Å²) in [5.41, 5.74) is 1.25. The van der Waals surface area contributed by atoms with E-state index in [1.165, 1.54) is 7.11 Å². The van der Waals surface area contributed by atoms with Gasteiger partial charge in [0.15, 0.2) is 0 Å². The molecule has 1 aromatic heterocycles. The van der Waals surface area contributed by atoms with Crippen LogP contribution in [-0.2, 0) is 16.1 Å². The third-order valence-electron chi connectivity index (χ3n) is 5.15. The van der Waals surface area contributed by atoms with E-state index in [1.807, 2.05) is 6.07 Å². The first kappa shape index (κ1) is 22.6. The second kappa shape index (κ2) is 9.34. The Morgan fingerprint density at radius 3 is 2.53 bits per heavy atom. The number of urea groups is 1. The van der Waals surface area contributed by atoms with Crippen LogP contribution in [0.4, 0.5) is 4.79 Å². The molecular formula is C22H23N5O5. The fraction of sp³-hybridized carbons (Fsp3) is 0.318. The van der Waals surface area contributed by atoms with Crippen LogP contribution in [0.5, 0.6) is 5.75 Å². The lowest BCUT2D eigenvalue weighted by Crippen LogP contribution is -2.47. The Morgan fingerprint density at radius 1 is 1.25 bits per heavy atom. The zero-order valence-corrected chi connectivity index (χ0v) is 18.2. The number of methoxy groups -OCH3 is 1. The Labute approximate surface area is 184 Å². The number of ether oxygens (including phenoxy) is 2. The summed E-state index contributed by atoms with van der Waals surface area (Å²) in [6, 6.07) is 7.39. The molecule has 10 nitrogen and oxygen atoms in total.